The molecule has 2 N–H and O–H groups in total. The predicted molar refractivity (Wildman–Crippen MR) is 144 cm³/mol. The van der Waals surface area contributed by atoms with Crippen molar-refractivity contribution in [3.63, 3.8) is 0 Å². The van der Waals surface area contributed by atoms with Crippen LogP contribution in [-0.2, 0) is 10.0 Å². The third kappa shape index (κ3) is 5.29. The molecule has 186 valence electrons. The Kier molecular flexibility index (Phi) is 6.59. The fraction of sp³-hybridized carbons (Fsp3) is 0.0385. The van der Waals surface area contributed by atoms with Crippen LogP contribution in [0.1, 0.15) is 16.1 Å². The molecule has 0 saturated carbocycles. The van der Waals surface area contributed by atoms with E-state index in [1.54, 1.807) is 31.2 Å². The third-order valence-corrected chi connectivity index (χ3v) is 7.58. The summed E-state index contributed by atoms with van der Waals surface area (Å²) in [5.74, 6) is 0.172. The summed E-state index contributed by atoms with van der Waals surface area (Å²) in [7, 11) is -3.88. The number of carbonyl (C=O) groups excluding carboxylic acids is 1. The van der Waals surface area contributed by atoms with Gasteiger partial charge >= 0.3 is 0 Å². The minimum atomic E-state index is -3.88. The summed E-state index contributed by atoms with van der Waals surface area (Å²) in [6.45, 7) is 1.65. The molecule has 0 bridgehead atoms. The lowest BCUT2D eigenvalue weighted by Gasteiger charge is -2.12. The number of fused-ring (bicyclic) bond motifs is 1. The van der Waals surface area contributed by atoms with Crippen LogP contribution < -0.4 is 10.0 Å². The van der Waals surface area contributed by atoms with Gasteiger partial charge in [-0.25, -0.2) is 13.4 Å². The van der Waals surface area contributed by atoms with Gasteiger partial charge in [-0.2, -0.15) is 0 Å². The summed E-state index contributed by atoms with van der Waals surface area (Å²) in [6.07, 6.45) is 0. The number of hydrogen-bond donors (Lipinski definition) is 2. The van der Waals surface area contributed by atoms with Crippen molar-refractivity contribution in [1.29, 1.82) is 0 Å². The van der Waals surface area contributed by atoms with Crippen molar-refractivity contribution in [2.24, 2.45) is 0 Å². The molecule has 37 heavy (non-hydrogen) atoms. The van der Waals surface area contributed by atoms with Crippen molar-refractivity contribution in [3.05, 3.63) is 100 Å². The molecule has 0 aliphatic heterocycles. The number of aromatic nitrogens is 2. The maximum atomic E-state index is 13.3. The highest BCUT2D eigenvalue weighted by Gasteiger charge is 2.18. The maximum Gasteiger partial charge on any atom is 0.263 e. The highest BCUT2D eigenvalue weighted by atomic mass is 35.5. The Balaban J connectivity index is 1.43. The van der Waals surface area contributed by atoms with E-state index < -0.39 is 10.0 Å². The summed E-state index contributed by atoms with van der Waals surface area (Å²) >= 11 is 12.2. The van der Waals surface area contributed by atoms with Gasteiger partial charge in [-0.1, -0.05) is 52.6 Å². The number of amides is 1. The fourth-order valence-corrected chi connectivity index (χ4v) is 4.98. The lowest BCUT2D eigenvalue weighted by atomic mass is 10.0. The summed E-state index contributed by atoms with van der Waals surface area (Å²) < 4.78 is 32.5. The van der Waals surface area contributed by atoms with Gasteiger partial charge in [-0.15, -0.1) is 0 Å². The minimum Gasteiger partial charge on any atom is -0.360 e. The molecule has 0 aliphatic carbocycles. The van der Waals surface area contributed by atoms with E-state index in [0.29, 0.717) is 49.2 Å². The Morgan fingerprint density at radius 1 is 0.919 bits per heavy atom. The molecule has 2 heterocycles. The van der Waals surface area contributed by atoms with Crippen molar-refractivity contribution in [3.8, 4) is 11.3 Å². The summed E-state index contributed by atoms with van der Waals surface area (Å²) in [5.41, 5.74) is 2.70. The number of para-hydroxylation sites is 1. The molecular weight excluding hydrogens is 535 g/mol. The van der Waals surface area contributed by atoms with Crippen LogP contribution in [0.5, 0.6) is 0 Å². The standard InChI is InChI=1S/C26H18Cl2N4O4S/c1-15-12-25(31-36-15)32-37(34,35)18-9-7-17(8-10-18)29-26(33)20-14-24(16-6-11-21(27)22(28)13-16)30-23-5-3-2-4-19(20)23/h2-14H,1H3,(H,29,33)(H,31,32). The predicted octanol–water partition coefficient (Wildman–Crippen LogP) is 6.56. The fourth-order valence-electron chi connectivity index (χ4n) is 3.69. The number of aryl methyl sites for hydroxylation is 1. The summed E-state index contributed by atoms with van der Waals surface area (Å²) in [4.78, 5) is 18.0. The zero-order valence-corrected chi connectivity index (χ0v) is 21.5. The molecule has 8 nitrogen and oxygen atoms in total. The summed E-state index contributed by atoms with van der Waals surface area (Å²) in [6, 6.07) is 21.4. The number of benzene rings is 3. The van der Waals surface area contributed by atoms with Crippen LogP contribution in [0.25, 0.3) is 22.2 Å². The molecule has 0 fully saturated rings. The number of sulfonamides is 1. The topological polar surface area (TPSA) is 114 Å². The van der Waals surface area contributed by atoms with Crippen LogP contribution in [0, 0.1) is 6.92 Å². The van der Waals surface area contributed by atoms with E-state index >= 15 is 0 Å². The zero-order chi connectivity index (χ0) is 26.2. The Morgan fingerprint density at radius 3 is 2.38 bits per heavy atom. The highest BCUT2D eigenvalue weighted by molar-refractivity contribution is 7.92. The third-order valence-electron chi connectivity index (χ3n) is 5.47. The van der Waals surface area contributed by atoms with Crippen molar-refractivity contribution >= 4 is 61.5 Å². The van der Waals surface area contributed by atoms with Crippen LogP contribution in [0.3, 0.4) is 0 Å². The first-order valence-corrected chi connectivity index (χ1v) is 13.2. The average molecular weight is 553 g/mol. The van der Waals surface area contributed by atoms with Crippen molar-refractivity contribution in [1.82, 2.24) is 10.1 Å². The van der Waals surface area contributed by atoms with E-state index in [-0.39, 0.29) is 16.6 Å². The number of nitrogens with one attached hydrogen (secondary N) is 2. The molecule has 5 aromatic rings. The second kappa shape index (κ2) is 9.85. The number of carbonyl (C=O) groups is 1. The Morgan fingerprint density at radius 2 is 1.68 bits per heavy atom. The monoisotopic (exact) mass is 552 g/mol. The average Bonchev–Trinajstić information content (AvgIpc) is 3.28. The second-order valence-electron chi connectivity index (χ2n) is 8.11. The van der Waals surface area contributed by atoms with Gasteiger partial charge in [0.15, 0.2) is 5.82 Å². The van der Waals surface area contributed by atoms with Crippen molar-refractivity contribution < 1.29 is 17.7 Å². The van der Waals surface area contributed by atoms with E-state index in [2.05, 4.69) is 20.2 Å². The Bertz CT molecular complexity index is 1750. The number of halogens is 2. The van der Waals surface area contributed by atoms with Crippen molar-refractivity contribution in [2.45, 2.75) is 11.8 Å². The number of anilines is 2. The molecular formula is C26H18Cl2N4O4S. The van der Waals surface area contributed by atoms with Crippen LogP contribution in [0.4, 0.5) is 11.5 Å². The molecule has 5 rings (SSSR count). The molecule has 0 saturated heterocycles. The summed E-state index contributed by atoms with van der Waals surface area (Å²) in [5, 5.41) is 7.92. The molecule has 0 spiro atoms. The van der Waals surface area contributed by atoms with Crippen molar-refractivity contribution in [2.75, 3.05) is 10.0 Å². The second-order valence-corrected chi connectivity index (χ2v) is 10.6. The lowest BCUT2D eigenvalue weighted by Crippen LogP contribution is -2.15. The molecule has 0 radical (unpaired) electrons. The van der Waals surface area contributed by atoms with E-state index in [1.807, 2.05) is 24.3 Å². The number of rotatable bonds is 6. The number of hydrogen-bond acceptors (Lipinski definition) is 6. The zero-order valence-electron chi connectivity index (χ0n) is 19.2. The van der Waals surface area contributed by atoms with Gasteiger partial charge in [0.2, 0.25) is 0 Å². The van der Waals surface area contributed by atoms with Gasteiger partial charge in [0.05, 0.1) is 31.7 Å². The van der Waals surface area contributed by atoms with E-state index in [4.69, 9.17) is 27.7 Å². The van der Waals surface area contributed by atoms with E-state index in [1.165, 1.54) is 30.3 Å². The molecule has 11 heteroatoms. The molecule has 0 unspecified atom stereocenters. The van der Waals surface area contributed by atoms with Crippen LogP contribution in [0.2, 0.25) is 10.0 Å². The van der Waals surface area contributed by atoms with Crippen LogP contribution in [0.15, 0.2) is 88.3 Å². The maximum absolute atomic E-state index is 13.3. The van der Waals surface area contributed by atoms with Gasteiger partial charge in [-0.05, 0) is 55.5 Å². The highest BCUT2D eigenvalue weighted by Crippen LogP contribution is 2.30. The molecule has 3 aromatic carbocycles. The largest absolute Gasteiger partial charge is 0.360 e. The minimum absolute atomic E-state index is 0.00224. The van der Waals surface area contributed by atoms with E-state index in [9.17, 15) is 13.2 Å². The smallest absolute Gasteiger partial charge is 0.263 e. The van der Waals surface area contributed by atoms with Gasteiger partial charge in [0.25, 0.3) is 15.9 Å². The first-order valence-electron chi connectivity index (χ1n) is 10.9. The van der Waals surface area contributed by atoms with E-state index in [0.717, 1.165) is 0 Å². The van der Waals surface area contributed by atoms with Crippen LogP contribution >= 0.6 is 23.2 Å². The molecule has 0 atom stereocenters. The van der Waals surface area contributed by atoms with Crippen LogP contribution in [-0.4, -0.2) is 24.5 Å². The number of pyridine rings is 1. The Labute approximate surface area is 222 Å². The van der Waals surface area contributed by atoms with Gasteiger partial charge in [-0.3, -0.25) is 9.52 Å². The number of nitrogens with zero attached hydrogens (tertiary/aromatic N) is 2. The SMILES string of the molecule is Cc1cc(NS(=O)(=O)c2ccc(NC(=O)c3cc(-c4ccc(Cl)c(Cl)c4)nc4ccccc34)cc2)no1. The van der Waals surface area contributed by atoms with Gasteiger partial charge in [0, 0.05) is 22.7 Å². The normalized spacial score (nSPS) is 11.4. The lowest BCUT2D eigenvalue weighted by molar-refractivity contribution is 0.102. The Hall–Kier alpha value is -3.92. The first-order chi connectivity index (χ1) is 17.7. The quantitative estimate of drug-likeness (QED) is 0.246. The molecule has 1 amide bonds. The molecule has 0 aliphatic rings. The van der Waals surface area contributed by atoms with Gasteiger partial charge < -0.3 is 9.84 Å². The van der Waals surface area contributed by atoms with Gasteiger partial charge in [0.1, 0.15) is 5.76 Å². The first kappa shape index (κ1) is 24.8. The molecule has 2 aromatic heterocycles.